The Hall–Kier alpha value is -2.10. The van der Waals surface area contributed by atoms with Gasteiger partial charge >= 0.3 is 0 Å². The van der Waals surface area contributed by atoms with E-state index in [9.17, 15) is 13.2 Å². The van der Waals surface area contributed by atoms with Gasteiger partial charge in [-0.3, -0.25) is 9.69 Å². The first-order chi connectivity index (χ1) is 13.1. The molecule has 0 bridgehead atoms. The van der Waals surface area contributed by atoms with Gasteiger partial charge in [-0.1, -0.05) is 13.8 Å². The number of furan rings is 2. The van der Waals surface area contributed by atoms with Gasteiger partial charge in [0.05, 0.1) is 12.3 Å². The molecule has 8 nitrogen and oxygen atoms in total. The normalized spacial score (nSPS) is 13.6. The average molecular weight is 412 g/mol. The summed E-state index contributed by atoms with van der Waals surface area (Å²) in [6.07, 6.45) is 1.60. The fourth-order valence-corrected chi connectivity index (χ4v) is 4.22. The summed E-state index contributed by atoms with van der Waals surface area (Å²) in [7, 11) is -3.84. The molecule has 2 heterocycles. The Morgan fingerprint density at radius 2 is 1.86 bits per heavy atom. The Bertz CT molecular complexity index is 862. The fourth-order valence-electron chi connectivity index (χ4n) is 2.87. The van der Waals surface area contributed by atoms with E-state index in [2.05, 4.69) is 14.9 Å². The molecule has 2 aromatic rings. The number of hydrogen-bond donors (Lipinski definition) is 2. The Morgan fingerprint density at radius 3 is 2.39 bits per heavy atom. The zero-order chi connectivity index (χ0) is 20.9. The molecule has 156 valence electrons. The third kappa shape index (κ3) is 5.70. The maximum Gasteiger partial charge on any atom is 0.287 e. The van der Waals surface area contributed by atoms with E-state index in [-0.39, 0.29) is 16.9 Å². The summed E-state index contributed by atoms with van der Waals surface area (Å²) >= 11 is 0. The van der Waals surface area contributed by atoms with Crippen molar-refractivity contribution in [2.24, 2.45) is 0 Å². The van der Waals surface area contributed by atoms with Crippen LogP contribution in [0.25, 0.3) is 0 Å². The predicted octanol–water partition coefficient (Wildman–Crippen LogP) is 2.76. The molecule has 9 heteroatoms. The number of hydrogen-bond acceptors (Lipinski definition) is 6. The van der Waals surface area contributed by atoms with Gasteiger partial charge in [0, 0.05) is 12.1 Å². The number of nitrogens with one attached hydrogen (secondary N) is 2. The number of likely N-dealkylation sites (N-methyl/N-ethyl adjacent to an activating group) is 1. The highest BCUT2D eigenvalue weighted by Crippen LogP contribution is 2.21. The van der Waals surface area contributed by atoms with E-state index in [4.69, 9.17) is 8.83 Å². The van der Waals surface area contributed by atoms with Crippen LogP contribution in [0.15, 0.2) is 44.5 Å². The molecule has 2 aromatic heterocycles. The molecule has 1 unspecified atom stereocenters. The molecule has 28 heavy (non-hydrogen) atoms. The third-order valence-corrected chi connectivity index (χ3v) is 5.72. The minimum absolute atomic E-state index is 0.0629. The summed E-state index contributed by atoms with van der Waals surface area (Å²) in [5.74, 6) is 0.203. The summed E-state index contributed by atoms with van der Waals surface area (Å²) in [6, 6.07) is 6.17. The molecule has 0 aliphatic heterocycles. The molecule has 2 rings (SSSR count). The van der Waals surface area contributed by atoms with Crippen molar-refractivity contribution in [2.75, 3.05) is 19.6 Å². The summed E-state index contributed by atoms with van der Waals surface area (Å²) in [5.41, 5.74) is -0.659. The summed E-state index contributed by atoms with van der Waals surface area (Å²) in [4.78, 5) is 14.6. The lowest BCUT2D eigenvalue weighted by Crippen LogP contribution is -2.40. The van der Waals surface area contributed by atoms with Crippen molar-refractivity contribution in [3.8, 4) is 0 Å². The van der Waals surface area contributed by atoms with Gasteiger partial charge in [0.15, 0.2) is 5.76 Å². The highest BCUT2D eigenvalue weighted by molar-refractivity contribution is 7.89. The van der Waals surface area contributed by atoms with Gasteiger partial charge in [0.1, 0.15) is 5.76 Å². The van der Waals surface area contributed by atoms with Crippen LogP contribution < -0.4 is 10.0 Å². The number of carbonyl (C=O) groups is 1. The molecule has 0 saturated carbocycles. The van der Waals surface area contributed by atoms with Crippen LogP contribution in [0, 0.1) is 0 Å². The van der Waals surface area contributed by atoms with Gasteiger partial charge < -0.3 is 14.2 Å². The number of amides is 1. The van der Waals surface area contributed by atoms with Crippen molar-refractivity contribution < 1.29 is 22.0 Å². The van der Waals surface area contributed by atoms with Gasteiger partial charge in [-0.2, -0.15) is 0 Å². The maximum atomic E-state index is 12.5. The van der Waals surface area contributed by atoms with Crippen molar-refractivity contribution in [1.29, 1.82) is 0 Å². The van der Waals surface area contributed by atoms with Crippen LogP contribution in [-0.2, 0) is 10.0 Å². The van der Waals surface area contributed by atoms with E-state index in [1.807, 2.05) is 19.9 Å². The van der Waals surface area contributed by atoms with Crippen molar-refractivity contribution in [1.82, 2.24) is 14.9 Å². The van der Waals surface area contributed by atoms with E-state index in [0.29, 0.717) is 6.54 Å². The SMILES string of the molecule is CCN(CC)C(CNC(=O)c1ccc(S(=O)(=O)NC(C)(C)C)o1)c1ccco1. The van der Waals surface area contributed by atoms with E-state index >= 15 is 0 Å². The molecule has 0 aromatic carbocycles. The lowest BCUT2D eigenvalue weighted by atomic mass is 10.1. The number of carbonyl (C=O) groups excluding carboxylic acids is 1. The van der Waals surface area contributed by atoms with E-state index in [1.165, 1.54) is 12.1 Å². The lowest BCUT2D eigenvalue weighted by Gasteiger charge is -2.28. The quantitative estimate of drug-likeness (QED) is 0.657. The first-order valence-electron chi connectivity index (χ1n) is 9.27. The van der Waals surface area contributed by atoms with Crippen LogP contribution in [0.5, 0.6) is 0 Å². The van der Waals surface area contributed by atoms with Gasteiger partial charge in [0.2, 0.25) is 5.09 Å². The van der Waals surface area contributed by atoms with Crippen molar-refractivity contribution in [2.45, 2.75) is 51.3 Å². The fraction of sp³-hybridized carbons (Fsp3) is 0.526. The maximum absolute atomic E-state index is 12.5. The Balaban J connectivity index is 2.09. The van der Waals surface area contributed by atoms with Gasteiger partial charge in [-0.15, -0.1) is 0 Å². The van der Waals surface area contributed by atoms with Gasteiger partial charge in [0.25, 0.3) is 15.9 Å². The first-order valence-corrected chi connectivity index (χ1v) is 10.7. The number of rotatable bonds is 9. The first kappa shape index (κ1) is 22.2. The van der Waals surface area contributed by atoms with Gasteiger partial charge in [-0.25, -0.2) is 13.1 Å². The second-order valence-electron chi connectivity index (χ2n) is 7.44. The molecular weight excluding hydrogens is 382 g/mol. The molecule has 0 saturated heterocycles. The van der Waals surface area contributed by atoms with Gasteiger partial charge in [-0.05, 0) is 58.1 Å². The largest absolute Gasteiger partial charge is 0.468 e. The molecule has 0 aliphatic carbocycles. The van der Waals surface area contributed by atoms with E-state index in [1.54, 1.807) is 33.1 Å². The predicted molar refractivity (Wildman–Crippen MR) is 105 cm³/mol. The molecule has 2 N–H and O–H groups in total. The molecule has 0 fully saturated rings. The molecule has 0 radical (unpaired) electrons. The van der Waals surface area contributed by atoms with Crippen molar-refractivity contribution >= 4 is 15.9 Å². The second kappa shape index (κ2) is 8.93. The molecular formula is C19H29N3O5S. The Labute approximate surface area is 166 Å². The summed E-state index contributed by atoms with van der Waals surface area (Å²) < 4.78 is 37.9. The molecule has 1 amide bonds. The van der Waals surface area contributed by atoms with Crippen LogP contribution >= 0.6 is 0 Å². The average Bonchev–Trinajstić information content (AvgIpc) is 3.28. The van der Waals surface area contributed by atoms with Crippen molar-refractivity contribution in [3.63, 3.8) is 0 Å². The third-order valence-electron chi connectivity index (χ3n) is 4.09. The highest BCUT2D eigenvalue weighted by atomic mass is 32.2. The Morgan fingerprint density at radius 1 is 1.18 bits per heavy atom. The monoisotopic (exact) mass is 411 g/mol. The summed E-state index contributed by atoms with van der Waals surface area (Å²) in [5, 5.41) is 2.51. The van der Waals surface area contributed by atoms with Crippen LogP contribution in [0.3, 0.4) is 0 Å². The van der Waals surface area contributed by atoms with E-state index < -0.39 is 21.5 Å². The lowest BCUT2D eigenvalue weighted by molar-refractivity contribution is 0.0897. The standard InChI is InChI=1S/C19H29N3O5S/c1-6-22(7-2)14(15-9-8-12-26-15)13-20-18(23)16-10-11-17(27-16)28(24,25)21-19(3,4)5/h8-12,14,21H,6-7,13H2,1-5H3,(H,20,23). The van der Waals surface area contributed by atoms with Crippen LogP contribution in [0.1, 0.15) is 57.0 Å². The minimum Gasteiger partial charge on any atom is -0.468 e. The number of sulfonamides is 1. The van der Waals surface area contributed by atoms with Crippen LogP contribution in [0.4, 0.5) is 0 Å². The summed E-state index contributed by atoms with van der Waals surface area (Å²) in [6.45, 7) is 11.1. The smallest absolute Gasteiger partial charge is 0.287 e. The number of nitrogens with zero attached hydrogens (tertiary/aromatic N) is 1. The van der Waals surface area contributed by atoms with Crippen LogP contribution in [-0.4, -0.2) is 44.4 Å². The highest BCUT2D eigenvalue weighted by Gasteiger charge is 2.27. The second-order valence-corrected chi connectivity index (χ2v) is 9.05. The zero-order valence-corrected chi connectivity index (χ0v) is 17.8. The van der Waals surface area contributed by atoms with Crippen LogP contribution in [0.2, 0.25) is 0 Å². The molecule has 0 aliphatic rings. The van der Waals surface area contributed by atoms with Crippen molar-refractivity contribution in [3.05, 3.63) is 42.0 Å². The minimum atomic E-state index is -3.84. The molecule has 1 atom stereocenters. The molecule has 0 spiro atoms. The zero-order valence-electron chi connectivity index (χ0n) is 17.0. The Kier molecular flexibility index (Phi) is 7.08. The van der Waals surface area contributed by atoms with E-state index in [0.717, 1.165) is 18.8 Å². The topological polar surface area (TPSA) is 105 Å².